The Morgan fingerprint density at radius 2 is 0.444 bits per heavy atom. The Kier molecular flexibility index (Phi) is 64.3. The van der Waals surface area contributed by atoms with Crippen molar-refractivity contribution < 1.29 is 80.2 Å². The highest BCUT2D eigenvalue weighted by atomic mass is 31.2. The lowest BCUT2D eigenvalue weighted by molar-refractivity contribution is -0.161. The molecule has 0 saturated carbocycles. The van der Waals surface area contributed by atoms with E-state index in [0.717, 1.165) is 89.9 Å². The topological polar surface area (TPSA) is 237 Å². The maximum absolute atomic E-state index is 13.0. The van der Waals surface area contributed by atoms with Crippen LogP contribution in [0.4, 0.5) is 0 Å². The lowest BCUT2D eigenvalue weighted by Gasteiger charge is -2.21. The van der Waals surface area contributed by atoms with Crippen molar-refractivity contribution in [2.45, 2.75) is 393 Å². The minimum Gasteiger partial charge on any atom is -0.462 e. The number of ether oxygens (including phenoxy) is 4. The number of aliphatic hydroxyl groups is 1. The number of carbonyl (C=O) groups is 4. The molecule has 0 rings (SSSR count). The van der Waals surface area contributed by atoms with E-state index >= 15 is 0 Å². The van der Waals surface area contributed by atoms with E-state index < -0.39 is 97.5 Å². The van der Waals surface area contributed by atoms with Gasteiger partial charge in [0.2, 0.25) is 0 Å². The maximum atomic E-state index is 13.0. The molecule has 0 amide bonds. The van der Waals surface area contributed by atoms with Crippen LogP contribution in [0.25, 0.3) is 0 Å². The standard InChI is InChI=1S/C71H138O17P2/c1-5-9-13-17-21-25-28-31-34-36-40-44-48-52-56-69(74)82-62-67(88-71(76)58-54-50-46-42-38-35-32-29-26-22-18-14-10-6-2)64-86-90(79,80)84-60-65(72)59-83-89(77,78)85-63-66(61-81-68(73)55-51-47-43-39-24-20-16-12-8-4)87-70(75)57-53-49-45-41-37-33-30-27-23-19-15-11-7-3/h65-67,72H,5-64H2,1-4H3,(H,77,78)(H,79,80)/t65-,66+,67+/m0/s1. The molecule has 0 aromatic carbocycles. The molecule has 0 heterocycles. The summed E-state index contributed by atoms with van der Waals surface area (Å²) in [6.45, 7) is 4.95. The third-order valence-corrected chi connectivity index (χ3v) is 18.5. The Morgan fingerprint density at radius 1 is 0.267 bits per heavy atom. The molecule has 2 unspecified atom stereocenters. The summed E-state index contributed by atoms with van der Waals surface area (Å²) in [7, 11) is -9.90. The fourth-order valence-corrected chi connectivity index (χ4v) is 12.4. The molecule has 0 saturated heterocycles. The normalized spacial score (nSPS) is 14.0. The highest BCUT2D eigenvalue weighted by molar-refractivity contribution is 7.47. The number of rotatable bonds is 72. The van der Waals surface area contributed by atoms with E-state index in [0.29, 0.717) is 25.7 Å². The molecule has 19 heteroatoms. The molecule has 0 spiro atoms. The van der Waals surface area contributed by atoms with E-state index in [9.17, 15) is 43.2 Å². The molecule has 5 atom stereocenters. The van der Waals surface area contributed by atoms with Crippen LogP contribution in [0.15, 0.2) is 0 Å². The van der Waals surface area contributed by atoms with Crippen molar-refractivity contribution in [2.24, 2.45) is 0 Å². The molecular weight excluding hydrogens is 1190 g/mol. The van der Waals surface area contributed by atoms with Gasteiger partial charge in [0.15, 0.2) is 12.2 Å². The second kappa shape index (κ2) is 65.7. The number of unbranched alkanes of at least 4 members (excludes halogenated alkanes) is 46. The van der Waals surface area contributed by atoms with Gasteiger partial charge in [0.05, 0.1) is 26.4 Å². The summed E-state index contributed by atoms with van der Waals surface area (Å²) in [5.74, 6) is -2.12. The first-order chi connectivity index (χ1) is 43.7. The number of esters is 4. The second-order valence-electron chi connectivity index (χ2n) is 25.6. The molecule has 534 valence electrons. The third kappa shape index (κ3) is 64.8. The van der Waals surface area contributed by atoms with Crippen LogP contribution in [-0.2, 0) is 65.4 Å². The van der Waals surface area contributed by atoms with Gasteiger partial charge in [0.1, 0.15) is 19.3 Å². The Balaban J connectivity index is 5.23. The van der Waals surface area contributed by atoms with Gasteiger partial charge >= 0.3 is 39.5 Å². The van der Waals surface area contributed by atoms with Crippen molar-refractivity contribution in [1.29, 1.82) is 0 Å². The molecule has 0 aromatic heterocycles. The van der Waals surface area contributed by atoms with Crippen molar-refractivity contribution in [3.05, 3.63) is 0 Å². The van der Waals surface area contributed by atoms with Crippen molar-refractivity contribution in [3.63, 3.8) is 0 Å². The SMILES string of the molecule is CCCCCCCCCCCCCCCCC(=O)OC[C@H](COP(=O)(O)OC[C@@H](O)COP(=O)(O)OC[C@@H](COC(=O)CCCCCCCCCCC)OC(=O)CCCCCCCCCCCCCCC)OC(=O)CCCCCCCCCCCCCCCC. The van der Waals surface area contributed by atoms with Gasteiger partial charge in [-0.2, -0.15) is 0 Å². The minimum absolute atomic E-state index is 0.108. The average Bonchev–Trinajstić information content (AvgIpc) is 3.73. The molecule has 0 aromatic rings. The van der Waals surface area contributed by atoms with Crippen LogP contribution < -0.4 is 0 Å². The average molecular weight is 1330 g/mol. The Morgan fingerprint density at radius 3 is 0.656 bits per heavy atom. The molecule has 0 bridgehead atoms. The van der Waals surface area contributed by atoms with Crippen molar-refractivity contribution >= 4 is 39.5 Å². The summed E-state index contributed by atoms with van der Waals surface area (Å²) in [5, 5.41) is 10.6. The zero-order chi connectivity index (χ0) is 66.1. The van der Waals surface area contributed by atoms with Gasteiger partial charge in [-0.3, -0.25) is 37.3 Å². The number of phosphoric ester groups is 2. The summed E-state index contributed by atoms with van der Waals surface area (Å²) in [4.78, 5) is 72.6. The quantitative estimate of drug-likeness (QED) is 0.0222. The fourth-order valence-electron chi connectivity index (χ4n) is 10.9. The molecule has 0 fully saturated rings. The summed E-state index contributed by atoms with van der Waals surface area (Å²) in [5.41, 5.74) is 0. The molecule has 0 radical (unpaired) electrons. The highest BCUT2D eigenvalue weighted by Gasteiger charge is 2.30. The van der Waals surface area contributed by atoms with E-state index in [-0.39, 0.29) is 25.7 Å². The van der Waals surface area contributed by atoms with Crippen molar-refractivity contribution in [1.82, 2.24) is 0 Å². The van der Waals surface area contributed by atoms with Gasteiger partial charge in [-0.15, -0.1) is 0 Å². The second-order valence-corrected chi connectivity index (χ2v) is 28.5. The predicted octanol–water partition coefficient (Wildman–Crippen LogP) is 20.7. The van der Waals surface area contributed by atoms with Crippen molar-refractivity contribution in [3.8, 4) is 0 Å². The van der Waals surface area contributed by atoms with Crippen LogP contribution in [-0.4, -0.2) is 96.7 Å². The Hall–Kier alpha value is -1.94. The zero-order valence-electron chi connectivity index (χ0n) is 58.1. The number of aliphatic hydroxyl groups excluding tert-OH is 1. The Bertz CT molecular complexity index is 1720. The van der Waals surface area contributed by atoms with Gasteiger partial charge in [-0.1, -0.05) is 323 Å². The number of hydrogen-bond acceptors (Lipinski definition) is 15. The molecule has 90 heavy (non-hydrogen) atoms. The van der Waals surface area contributed by atoms with Gasteiger partial charge in [-0.05, 0) is 25.7 Å². The van der Waals surface area contributed by atoms with Gasteiger partial charge in [0.25, 0.3) is 0 Å². The molecule has 17 nitrogen and oxygen atoms in total. The maximum Gasteiger partial charge on any atom is 0.472 e. The van der Waals surface area contributed by atoms with Crippen LogP contribution in [0, 0.1) is 0 Å². The molecule has 0 aliphatic carbocycles. The summed E-state index contributed by atoms with van der Waals surface area (Å²) < 4.78 is 68.3. The van der Waals surface area contributed by atoms with E-state index in [1.807, 2.05) is 0 Å². The predicted molar refractivity (Wildman–Crippen MR) is 363 cm³/mol. The highest BCUT2D eigenvalue weighted by Crippen LogP contribution is 2.45. The van der Waals surface area contributed by atoms with Crippen LogP contribution >= 0.6 is 15.6 Å². The number of carbonyl (C=O) groups excluding carboxylic acids is 4. The van der Waals surface area contributed by atoms with Crippen LogP contribution in [0.1, 0.15) is 374 Å². The van der Waals surface area contributed by atoms with Crippen LogP contribution in [0.5, 0.6) is 0 Å². The molecule has 3 N–H and O–H groups in total. The summed E-state index contributed by atoms with van der Waals surface area (Å²) >= 11 is 0. The third-order valence-electron chi connectivity index (χ3n) is 16.6. The lowest BCUT2D eigenvalue weighted by atomic mass is 10.0. The van der Waals surface area contributed by atoms with Gasteiger partial charge in [0, 0.05) is 25.7 Å². The lowest BCUT2D eigenvalue weighted by Crippen LogP contribution is -2.30. The fraction of sp³-hybridized carbons (Fsp3) is 0.944. The van der Waals surface area contributed by atoms with E-state index in [4.69, 9.17) is 37.0 Å². The first-order valence-corrected chi connectivity index (χ1v) is 40.3. The number of hydrogen-bond donors (Lipinski definition) is 3. The monoisotopic (exact) mass is 1320 g/mol. The largest absolute Gasteiger partial charge is 0.472 e. The first kappa shape index (κ1) is 88.1. The summed E-state index contributed by atoms with van der Waals surface area (Å²) in [6.07, 6.45) is 53.9. The van der Waals surface area contributed by atoms with Crippen molar-refractivity contribution in [2.75, 3.05) is 39.6 Å². The van der Waals surface area contributed by atoms with Gasteiger partial charge < -0.3 is 33.8 Å². The number of phosphoric acid groups is 2. The van der Waals surface area contributed by atoms with Gasteiger partial charge in [-0.25, -0.2) is 9.13 Å². The minimum atomic E-state index is -4.95. The van der Waals surface area contributed by atoms with E-state index in [1.54, 1.807) is 0 Å². The van der Waals surface area contributed by atoms with Crippen LogP contribution in [0.2, 0.25) is 0 Å². The van der Waals surface area contributed by atoms with E-state index in [1.165, 1.54) is 205 Å². The molecule has 0 aliphatic rings. The first-order valence-electron chi connectivity index (χ1n) is 37.3. The molecule has 0 aliphatic heterocycles. The zero-order valence-corrected chi connectivity index (χ0v) is 59.9. The summed E-state index contributed by atoms with van der Waals surface area (Å²) in [6, 6.07) is 0. The molecular formula is C71H138O17P2. The Labute approximate surface area is 549 Å². The van der Waals surface area contributed by atoms with Crippen LogP contribution in [0.3, 0.4) is 0 Å². The smallest absolute Gasteiger partial charge is 0.462 e. The van der Waals surface area contributed by atoms with E-state index in [2.05, 4.69) is 27.7 Å².